The molecule has 208 valence electrons. The lowest BCUT2D eigenvalue weighted by molar-refractivity contribution is -0.899. The summed E-state index contributed by atoms with van der Waals surface area (Å²) in [5.41, 5.74) is -1.21. The Hall–Kier alpha value is -2.85. The number of nitrogens with zero attached hydrogens (tertiary/aromatic N) is 1. The van der Waals surface area contributed by atoms with E-state index < -0.39 is 35.7 Å². The van der Waals surface area contributed by atoms with Crippen LogP contribution in [0.4, 0.5) is 13.2 Å². The van der Waals surface area contributed by atoms with Crippen LogP contribution in [0.15, 0.2) is 53.1 Å². The molecule has 38 heavy (non-hydrogen) atoms. The maximum Gasteiger partial charge on any atom is 0.490 e. The van der Waals surface area contributed by atoms with Crippen LogP contribution in [0.1, 0.15) is 49.8 Å². The number of hydrogen-bond acceptors (Lipinski definition) is 6. The zero-order chi connectivity index (χ0) is 27.2. The van der Waals surface area contributed by atoms with Crippen LogP contribution < -0.4 is 0 Å². The molecule has 1 aromatic heterocycles. The van der Waals surface area contributed by atoms with Gasteiger partial charge in [-0.3, -0.25) is 0 Å². The van der Waals surface area contributed by atoms with Crippen molar-refractivity contribution in [3.63, 3.8) is 0 Å². The van der Waals surface area contributed by atoms with Crippen LogP contribution in [-0.4, -0.2) is 62.0 Å². The van der Waals surface area contributed by atoms with Gasteiger partial charge in [0.25, 0.3) is 5.60 Å². The van der Waals surface area contributed by atoms with E-state index in [9.17, 15) is 22.8 Å². The molecule has 2 fully saturated rings. The predicted octanol–water partition coefficient (Wildman–Crippen LogP) is 5.14. The van der Waals surface area contributed by atoms with Crippen molar-refractivity contribution in [2.24, 2.45) is 5.92 Å². The number of quaternary nitrogens is 1. The standard InChI is InChI=1S/C28H35F3NO6/c1-32(16-18-35-20-21-9-4-2-5-10-21)15-14-23(19-32)37-25(33)27(24-13-8-17-36-24,22-11-6-3-7-12-22)38-26(34)28(29,30)31/h2,4-5,8-10,13,17,22-23H,3,6-7,11-12,14-16,18-20H2,1H3/q+1. The van der Waals surface area contributed by atoms with E-state index in [1.165, 1.54) is 18.4 Å². The van der Waals surface area contributed by atoms with Crippen molar-refractivity contribution in [2.45, 2.75) is 63.0 Å². The first-order chi connectivity index (χ1) is 18.1. The number of esters is 2. The Bertz CT molecular complexity index is 1050. The highest BCUT2D eigenvalue weighted by Crippen LogP contribution is 2.45. The molecule has 0 amide bonds. The van der Waals surface area contributed by atoms with Gasteiger partial charge in [-0.05, 0) is 30.5 Å². The number of carbonyl (C=O) groups excluding carboxylic acids is 2. The number of ether oxygens (including phenoxy) is 3. The molecule has 2 heterocycles. The summed E-state index contributed by atoms with van der Waals surface area (Å²) >= 11 is 0. The van der Waals surface area contributed by atoms with E-state index in [1.807, 2.05) is 37.4 Å². The maximum absolute atomic E-state index is 13.8. The van der Waals surface area contributed by atoms with Crippen molar-refractivity contribution < 1.29 is 45.9 Å². The molecule has 0 radical (unpaired) electrons. The van der Waals surface area contributed by atoms with Gasteiger partial charge >= 0.3 is 18.1 Å². The lowest BCUT2D eigenvalue weighted by Crippen LogP contribution is -2.52. The second kappa shape index (κ2) is 11.9. The molecular formula is C28H35F3NO6+. The van der Waals surface area contributed by atoms with E-state index in [1.54, 1.807) is 0 Å². The van der Waals surface area contributed by atoms with E-state index in [0.29, 0.717) is 69.4 Å². The van der Waals surface area contributed by atoms with Crippen LogP contribution in [-0.2, 0) is 36.0 Å². The first-order valence-corrected chi connectivity index (χ1v) is 13.1. The summed E-state index contributed by atoms with van der Waals surface area (Å²) in [5.74, 6) is -4.26. The average Bonchev–Trinajstić information content (AvgIpc) is 3.56. The smallest absolute Gasteiger partial charge is 0.464 e. The minimum Gasteiger partial charge on any atom is -0.464 e. The van der Waals surface area contributed by atoms with Gasteiger partial charge in [0, 0.05) is 12.3 Å². The Balaban J connectivity index is 1.45. The Morgan fingerprint density at radius 1 is 1.00 bits per heavy atom. The van der Waals surface area contributed by atoms with Crippen LogP contribution >= 0.6 is 0 Å². The third-order valence-corrected chi connectivity index (χ3v) is 7.65. The number of halogens is 3. The van der Waals surface area contributed by atoms with Crippen molar-refractivity contribution in [1.82, 2.24) is 0 Å². The monoisotopic (exact) mass is 538 g/mol. The maximum atomic E-state index is 13.8. The second-order valence-electron chi connectivity index (χ2n) is 10.5. The summed E-state index contributed by atoms with van der Waals surface area (Å²) in [6, 6.07) is 12.7. The van der Waals surface area contributed by atoms with Crippen LogP contribution in [0.5, 0.6) is 0 Å². The molecule has 10 heteroatoms. The summed E-state index contributed by atoms with van der Waals surface area (Å²) in [7, 11) is 2.03. The van der Waals surface area contributed by atoms with Gasteiger partial charge in [0.15, 0.2) is 11.9 Å². The minimum absolute atomic E-state index is 0.142. The molecule has 1 aliphatic carbocycles. The third kappa shape index (κ3) is 6.58. The lowest BCUT2D eigenvalue weighted by atomic mass is 9.75. The van der Waals surface area contributed by atoms with Gasteiger partial charge in [-0.25, -0.2) is 9.59 Å². The molecule has 2 aromatic rings. The van der Waals surface area contributed by atoms with Crippen LogP contribution in [0.3, 0.4) is 0 Å². The van der Waals surface area contributed by atoms with E-state index in [2.05, 4.69) is 0 Å². The molecule has 4 rings (SSSR count). The number of furan rings is 1. The molecule has 3 unspecified atom stereocenters. The molecule has 3 atom stereocenters. The van der Waals surface area contributed by atoms with E-state index >= 15 is 0 Å². The Morgan fingerprint density at radius 3 is 2.39 bits per heavy atom. The number of likely N-dealkylation sites (N-methyl/N-ethyl adjacent to an activating group) is 1. The molecule has 0 spiro atoms. The molecule has 1 aliphatic heterocycles. The second-order valence-corrected chi connectivity index (χ2v) is 10.5. The third-order valence-electron chi connectivity index (χ3n) is 7.65. The highest BCUT2D eigenvalue weighted by atomic mass is 19.4. The normalized spacial score (nSPS) is 24.1. The van der Waals surface area contributed by atoms with Gasteiger partial charge in [0.05, 0.1) is 33.1 Å². The Kier molecular flexibility index (Phi) is 8.82. The topological polar surface area (TPSA) is 75.0 Å². The van der Waals surface area contributed by atoms with Gasteiger partial charge in [-0.15, -0.1) is 0 Å². The van der Waals surface area contributed by atoms with Crippen LogP contribution in [0.25, 0.3) is 0 Å². The molecule has 0 N–H and O–H groups in total. The average molecular weight is 539 g/mol. The summed E-state index contributed by atoms with van der Waals surface area (Å²) in [5, 5.41) is 0. The fourth-order valence-corrected chi connectivity index (χ4v) is 5.56. The fourth-order valence-electron chi connectivity index (χ4n) is 5.56. The Labute approximate surface area is 220 Å². The fraction of sp³-hybridized carbons (Fsp3) is 0.571. The quantitative estimate of drug-likeness (QED) is 0.237. The van der Waals surface area contributed by atoms with Crippen LogP contribution in [0.2, 0.25) is 0 Å². The number of likely N-dealkylation sites (tertiary alicyclic amines) is 1. The van der Waals surface area contributed by atoms with Crippen molar-refractivity contribution >= 4 is 11.9 Å². The van der Waals surface area contributed by atoms with Crippen molar-refractivity contribution in [3.05, 3.63) is 60.1 Å². The lowest BCUT2D eigenvalue weighted by Gasteiger charge is -2.38. The number of carbonyl (C=O) groups is 2. The Morgan fingerprint density at radius 2 is 1.74 bits per heavy atom. The largest absolute Gasteiger partial charge is 0.490 e. The molecule has 0 bridgehead atoms. The summed E-state index contributed by atoms with van der Waals surface area (Å²) < 4.78 is 62.8. The zero-order valence-electron chi connectivity index (χ0n) is 21.6. The molecule has 2 aliphatic rings. The molecular weight excluding hydrogens is 503 g/mol. The molecule has 1 saturated heterocycles. The summed E-state index contributed by atoms with van der Waals surface area (Å²) in [4.78, 5) is 25.8. The SMILES string of the molecule is C[N+]1(CCOCc2ccccc2)CCC(OC(=O)C(OC(=O)C(F)(F)F)(c2ccco2)C2CCCCC2)C1. The predicted molar refractivity (Wildman–Crippen MR) is 130 cm³/mol. The number of benzene rings is 1. The van der Waals surface area contributed by atoms with Gasteiger partial charge in [-0.2, -0.15) is 13.2 Å². The zero-order valence-corrected chi connectivity index (χ0v) is 21.6. The minimum atomic E-state index is -5.27. The summed E-state index contributed by atoms with van der Waals surface area (Å²) in [6.07, 6.45) is -0.905. The van der Waals surface area contributed by atoms with E-state index in [-0.39, 0.29) is 5.76 Å². The highest BCUT2D eigenvalue weighted by molar-refractivity contribution is 5.86. The van der Waals surface area contributed by atoms with Crippen molar-refractivity contribution in [1.29, 1.82) is 0 Å². The first kappa shape index (κ1) is 28.2. The summed E-state index contributed by atoms with van der Waals surface area (Å²) in [6.45, 7) is 2.89. The van der Waals surface area contributed by atoms with Crippen molar-refractivity contribution in [2.75, 3.05) is 33.3 Å². The molecule has 1 saturated carbocycles. The molecule has 1 aromatic carbocycles. The van der Waals surface area contributed by atoms with E-state index in [4.69, 9.17) is 18.6 Å². The highest BCUT2D eigenvalue weighted by Gasteiger charge is 2.59. The number of rotatable bonds is 10. The van der Waals surface area contributed by atoms with Gasteiger partial charge in [0.2, 0.25) is 0 Å². The van der Waals surface area contributed by atoms with E-state index in [0.717, 1.165) is 12.0 Å². The van der Waals surface area contributed by atoms with Gasteiger partial charge in [0.1, 0.15) is 13.1 Å². The van der Waals surface area contributed by atoms with Gasteiger partial charge in [-0.1, -0.05) is 49.6 Å². The van der Waals surface area contributed by atoms with Gasteiger partial charge < -0.3 is 23.1 Å². The first-order valence-electron chi connectivity index (χ1n) is 13.1. The molecule has 7 nitrogen and oxygen atoms in total. The number of hydrogen-bond donors (Lipinski definition) is 0. The van der Waals surface area contributed by atoms with Crippen molar-refractivity contribution in [3.8, 4) is 0 Å². The number of alkyl halides is 3. The van der Waals surface area contributed by atoms with Crippen LogP contribution in [0, 0.1) is 5.92 Å².